The van der Waals surface area contributed by atoms with Gasteiger partial charge in [-0.1, -0.05) is 25.0 Å². The van der Waals surface area contributed by atoms with Crippen LogP contribution >= 0.6 is 0 Å². The van der Waals surface area contributed by atoms with Gasteiger partial charge in [0.15, 0.2) is 0 Å². The van der Waals surface area contributed by atoms with Gasteiger partial charge in [0.25, 0.3) is 0 Å². The van der Waals surface area contributed by atoms with E-state index in [2.05, 4.69) is 5.92 Å². The van der Waals surface area contributed by atoms with Crippen LogP contribution in [0.4, 0.5) is 5.69 Å². The average Bonchev–Trinajstić information content (AvgIpc) is 2.30. The Morgan fingerprint density at radius 3 is 2.39 bits per heavy atom. The van der Waals surface area contributed by atoms with E-state index in [9.17, 15) is 8.42 Å². The molecule has 5 heteroatoms. The molecule has 0 aromatic heterocycles. The third kappa shape index (κ3) is 2.50. The van der Waals surface area contributed by atoms with Crippen LogP contribution in [0.25, 0.3) is 0 Å². The summed E-state index contributed by atoms with van der Waals surface area (Å²) in [6.07, 6.45) is 5.20. The van der Waals surface area contributed by atoms with Crippen LogP contribution in [0.3, 0.4) is 0 Å². The van der Waals surface area contributed by atoms with Gasteiger partial charge in [-0.25, -0.2) is 8.42 Å². The van der Waals surface area contributed by atoms with E-state index in [1.165, 1.54) is 4.31 Å². The molecule has 0 aliphatic heterocycles. The summed E-state index contributed by atoms with van der Waals surface area (Å²) in [7, 11) is -3.63. The molecule has 18 heavy (non-hydrogen) atoms. The molecule has 0 amide bonds. The van der Waals surface area contributed by atoms with Gasteiger partial charge in [0.05, 0.1) is 12.2 Å². The number of nitrogen functional groups attached to an aromatic ring is 1. The molecule has 0 saturated heterocycles. The Morgan fingerprint density at radius 1 is 1.33 bits per heavy atom. The molecule has 0 saturated carbocycles. The first-order chi connectivity index (χ1) is 8.36. The van der Waals surface area contributed by atoms with Gasteiger partial charge in [-0.2, -0.15) is 4.31 Å². The maximum Gasteiger partial charge on any atom is 0.246 e. The SMILES string of the molecule is C#CCN(CC)S(=O)(=O)c1c(C)ccc(C)c1N. The second-order valence-electron chi connectivity index (χ2n) is 4.08. The van der Waals surface area contributed by atoms with Crippen LogP contribution in [-0.4, -0.2) is 25.8 Å². The first-order valence-corrected chi connectivity index (χ1v) is 7.09. The average molecular weight is 266 g/mol. The van der Waals surface area contributed by atoms with Crippen LogP contribution in [0.2, 0.25) is 0 Å². The summed E-state index contributed by atoms with van der Waals surface area (Å²) in [5.41, 5.74) is 7.58. The van der Waals surface area contributed by atoms with E-state index in [1.807, 2.05) is 0 Å². The van der Waals surface area contributed by atoms with E-state index in [-0.39, 0.29) is 11.4 Å². The highest BCUT2D eigenvalue weighted by Crippen LogP contribution is 2.28. The summed E-state index contributed by atoms with van der Waals surface area (Å²) in [5.74, 6) is 2.35. The molecule has 0 radical (unpaired) electrons. The standard InChI is InChI=1S/C13H18N2O2S/c1-5-9-15(6-2)18(16,17)13-11(4)8-7-10(3)12(13)14/h1,7-8H,6,9,14H2,2-4H3. The number of aryl methyl sites for hydroxylation is 2. The molecule has 4 nitrogen and oxygen atoms in total. The quantitative estimate of drug-likeness (QED) is 0.664. The molecule has 0 spiro atoms. The largest absolute Gasteiger partial charge is 0.397 e. The van der Waals surface area contributed by atoms with Gasteiger partial charge < -0.3 is 5.73 Å². The van der Waals surface area contributed by atoms with Crippen LogP contribution < -0.4 is 5.73 Å². The van der Waals surface area contributed by atoms with Crippen molar-refractivity contribution < 1.29 is 8.42 Å². The molecule has 0 aliphatic rings. The Labute approximate surface area is 109 Å². The molecule has 0 heterocycles. The summed E-state index contributed by atoms with van der Waals surface area (Å²) in [5, 5.41) is 0. The minimum absolute atomic E-state index is 0.0473. The zero-order valence-corrected chi connectivity index (χ0v) is 11.7. The Kier molecular flexibility index (Phi) is 4.38. The second kappa shape index (κ2) is 5.42. The lowest BCUT2D eigenvalue weighted by Gasteiger charge is -2.21. The zero-order chi connectivity index (χ0) is 13.9. The molecule has 0 fully saturated rings. The van der Waals surface area contributed by atoms with Crippen LogP contribution in [0.15, 0.2) is 17.0 Å². The van der Waals surface area contributed by atoms with Crippen molar-refractivity contribution in [3.05, 3.63) is 23.3 Å². The number of hydrogen-bond acceptors (Lipinski definition) is 3. The minimum atomic E-state index is -3.63. The van der Waals surface area contributed by atoms with Crippen molar-refractivity contribution in [2.75, 3.05) is 18.8 Å². The van der Waals surface area contributed by atoms with Crippen molar-refractivity contribution in [2.24, 2.45) is 0 Å². The molecule has 0 unspecified atom stereocenters. The van der Waals surface area contributed by atoms with Crippen molar-refractivity contribution in [1.29, 1.82) is 0 Å². The molecule has 0 bridgehead atoms. The number of hydrogen-bond donors (Lipinski definition) is 1. The maximum absolute atomic E-state index is 12.5. The van der Waals surface area contributed by atoms with Crippen molar-refractivity contribution in [3.8, 4) is 12.3 Å². The molecular formula is C13H18N2O2S. The lowest BCUT2D eigenvalue weighted by atomic mass is 10.1. The van der Waals surface area contributed by atoms with Gasteiger partial charge in [0, 0.05) is 6.54 Å². The monoisotopic (exact) mass is 266 g/mol. The highest BCUT2D eigenvalue weighted by atomic mass is 32.2. The van der Waals surface area contributed by atoms with Gasteiger partial charge in [-0.05, 0) is 25.0 Å². The van der Waals surface area contributed by atoms with Crippen molar-refractivity contribution >= 4 is 15.7 Å². The van der Waals surface area contributed by atoms with Crippen LogP contribution in [0.1, 0.15) is 18.1 Å². The maximum atomic E-state index is 12.5. The number of nitrogens with zero attached hydrogens (tertiary/aromatic N) is 1. The predicted molar refractivity (Wildman–Crippen MR) is 73.6 cm³/mol. The molecule has 98 valence electrons. The number of terminal acetylenes is 1. The number of benzene rings is 1. The van der Waals surface area contributed by atoms with Crippen molar-refractivity contribution in [2.45, 2.75) is 25.7 Å². The molecule has 1 aromatic rings. The van der Waals surface area contributed by atoms with Crippen LogP contribution in [0, 0.1) is 26.2 Å². The number of rotatable bonds is 4. The third-order valence-corrected chi connectivity index (χ3v) is 4.95. The number of anilines is 1. The second-order valence-corrected chi connectivity index (χ2v) is 5.95. The van der Waals surface area contributed by atoms with E-state index < -0.39 is 10.0 Å². The topological polar surface area (TPSA) is 63.4 Å². The fraction of sp³-hybridized carbons (Fsp3) is 0.385. The normalized spacial score (nSPS) is 11.5. The summed E-state index contributed by atoms with van der Waals surface area (Å²) >= 11 is 0. The molecule has 0 aliphatic carbocycles. The third-order valence-electron chi connectivity index (χ3n) is 2.83. The molecular weight excluding hydrogens is 248 g/mol. The minimum Gasteiger partial charge on any atom is -0.397 e. The summed E-state index contributed by atoms with van der Waals surface area (Å²) in [6.45, 7) is 5.62. The fourth-order valence-corrected chi connectivity index (χ4v) is 3.50. The highest BCUT2D eigenvalue weighted by molar-refractivity contribution is 7.89. The summed E-state index contributed by atoms with van der Waals surface area (Å²) in [4.78, 5) is 0.166. The Morgan fingerprint density at radius 2 is 1.89 bits per heavy atom. The van der Waals surface area contributed by atoms with Gasteiger partial charge in [-0.15, -0.1) is 6.42 Å². The number of sulfonamides is 1. The predicted octanol–water partition coefficient (Wildman–Crippen LogP) is 1.53. The summed E-state index contributed by atoms with van der Waals surface area (Å²) in [6, 6.07) is 3.56. The van der Waals surface area contributed by atoms with Crippen LogP contribution in [-0.2, 0) is 10.0 Å². The summed E-state index contributed by atoms with van der Waals surface area (Å²) < 4.78 is 26.2. The van der Waals surface area contributed by atoms with Gasteiger partial charge in [0.2, 0.25) is 10.0 Å². The molecule has 1 rings (SSSR count). The van der Waals surface area contributed by atoms with Gasteiger partial charge in [0.1, 0.15) is 4.90 Å². The Balaban J connectivity index is 3.46. The first-order valence-electron chi connectivity index (χ1n) is 5.65. The van der Waals surface area contributed by atoms with E-state index in [0.29, 0.717) is 17.8 Å². The molecule has 1 aromatic carbocycles. The van der Waals surface area contributed by atoms with Crippen molar-refractivity contribution in [1.82, 2.24) is 4.31 Å². The lowest BCUT2D eigenvalue weighted by Crippen LogP contribution is -2.32. The van der Waals surface area contributed by atoms with Crippen LogP contribution in [0.5, 0.6) is 0 Å². The van der Waals surface area contributed by atoms with Gasteiger partial charge in [-0.3, -0.25) is 0 Å². The van der Waals surface area contributed by atoms with E-state index >= 15 is 0 Å². The Bertz CT molecular complexity index is 586. The zero-order valence-electron chi connectivity index (χ0n) is 10.9. The highest BCUT2D eigenvalue weighted by Gasteiger charge is 2.27. The van der Waals surface area contributed by atoms with E-state index in [0.717, 1.165) is 5.56 Å². The van der Waals surface area contributed by atoms with E-state index in [4.69, 9.17) is 12.2 Å². The molecule has 2 N–H and O–H groups in total. The van der Waals surface area contributed by atoms with Crippen molar-refractivity contribution in [3.63, 3.8) is 0 Å². The van der Waals surface area contributed by atoms with Gasteiger partial charge >= 0.3 is 0 Å². The lowest BCUT2D eigenvalue weighted by molar-refractivity contribution is 0.464. The smallest absolute Gasteiger partial charge is 0.246 e. The Hall–Kier alpha value is -1.51. The van der Waals surface area contributed by atoms with E-state index in [1.54, 1.807) is 32.9 Å². The number of nitrogens with two attached hydrogens (primary N) is 1. The molecule has 0 atom stereocenters. The fourth-order valence-electron chi connectivity index (χ4n) is 1.75. The first kappa shape index (κ1) is 14.6.